The van der Waals surface area contributed by atoms with Gasteiger partial charge in [-0.1, -0.05) is 39.7 Å². The van der Waals surface area contributed by atoms with Crippen LogP contribution in [0, 0.1) is 5.82 Å². The van der Waals surface area contributed by atoms with Crippen molar-refractivity contribution in [2.45, 2.75) is 31.7 Å². The molecular formula is C21H22BrClFNO2. The van der Waals surface area contributed by atoms with Gasteiger partial charge in [0.05, 0.1) is 5.41 Å². The monoisotopic (exact) mass is 453 g/mol. The molecule has 1 fully saturated rings. The van der Waals surface area contributed by atoms with E-state index < -0.39 is 5.41 Å². The van der Waals surface area contributed by atoms with Gasteiger partial charge < -0.3 is 9.64 Å². The first-order chi connectivity index (χ1) is 13.0. The molecule has 2 aromatic rings. The highest BCUT2D eigenvalue weighted by Crippen LogP contribution is 2.38. The van der Waals surface area contributed by atoms with Crippen LogP contribution in [-0.4, -0.2) is 30.6 Å². The van der Waals surface area contributed by atoms with Gasteiger partial charge in [-0.25, -0.2) is 4.39 Å². The number of hydrogen-bond donors (Lipinski definition) is 0. The quantitative estimate of drug-likeness (QED) is 0.610. The van der Waals surface area contributed by atoms with Gasteiger partial charge in [-0.2, -0.15) is 0 Å². The molecule has 2 aromatic carbocycles. The first kappa shape index (κ1) is 20.3. The maximum Gasteiger partial charge on any atom is 0.233 e. The van der Waals surface area contributed by atoms with Crippen LogP contribution in [0.25, 0.3) is 0 Å². The first-order valence-corrected chi connectivity index (χ1v) is 10.2. The lowest BCUT2D eigenvalue weighted by molar-refractivity contribution is -0.141. The Morgan fingerprint density at radius 2 is 1.89 bits per heavy atom. The first-order valence-electron chi connectivity index (χ1n) is 9.03. The molecule has 0 spiro atoms. The number of ether oxygens (including phenoxy) is 1. The fourth-order valence-corrected chi connectivity index (χ4v) is 4.15. The van der Waals surface area contributed by atoms with Crippen molar-refractivity contribution in [2.75, 3.05) is 19.8 Å². The van der Waals surface area contributed by atoms with Crippen LogP contribution in [0.2, 0.25) is 5.02 Å². The van der Waals surface area contributed by atoms with Crippen LogP contribution in [0.4, 0.5) is 4.39 Å². The standard InChI is InChI=1S/C21H22BrClFNO2/c1-2-25(14-15-13-17(22)5-8-19(15)24)20(26)21(9-11-27-12-10-21)16-3-6-18(23)7-4-16/h3-8,13H,2,9-12,14H2,1H3. The number of hydrogen-bond acceptors (Lipinski definition) is 2. The number of carbonyl (C=O) groups is 1. The lowest BCUT2D eigenvalue weighted by Gasteiger charge is -2.40. The Bertz CT molecular complexity index is 806. The minimum Gasteiger partial charge on any atom is -0.381 e. The van der Waals surface area contributed by atoms with Crippen LogP contribution in [0.1, 0.15) is 30.9 Å². The van der Waals surface area contributed by atoms with E-state index in [4.69, 9.17) is 16.3 Å². The van der Waals surface area contributed by atoms with E-state index >= 15 is 0 Å². The van der Waals surface area contributed by atoms with Gasteiger partial charge in [-0.15, -0.1) is 0 Å². The molecule has 6 heteroatoms. The summed E-state index contributed by atoms with van der Waals surface area (Å²) in [5.41, 5.74) is 0.771. The molecule has 0 aliphatic carbocycles. The maximum atomic E-state index is 14.2. The summed E-state index contributed by atoms with van der Waals surface area (Å²) in [5, 5.41) is 0.636. The van der Waals surface area contributed by atoms with Gasteiger partial charge in [0.1, 0.15) is 5.82 Å². The van der Waals surface area contributed by atoms with Gasteiger partial charge in [0.25, 0.3) is 0 Å². The van der Waals surface area contributed by atoms with Crippen LogP contribution in [0.15, 0.2) is 46.9 Å². The molecule has 1 saturated heterocycles. The van der Waals surface area contributed by atoms with Crippen LogP contribution in [0.5, 0.6) is 0 Å². The normalized spacial score (nSPS) is 16.1. The van der Waals surface area contributed by atoms with E-state index in [0.717, 1.165) is 10.0 Å². The van der Waals surface area contributed by atoms with Gasteiger partial charge in [0.15, 0.2) is 0 Å². The third kappa shape index (κ3) is 4.36. The molecule has 0 radical (unpaired) electrons. The van der Waals surface area contributed by atoms with Gasteiger partial charge >= 0.3 is 0 Å². The second-order valence-corrected chi connectivity index (χ2v) is 8.11. The maximum absolute atomic E-state index is 14.2. The summed E-state index contributed by atoms with van der Waals surface area (Å²) in [6.45, 7) is 3.70. The average molecular weight is 455 g/mol. The van der Waals surface area contributed by atoms with E-state index in [0.29, 0.717) is 43.2 Å². The summed E-state index contributed by atoms with van der Waals surface area (Å²) >= 11 is 9.42. The van der Waals surface area contributed by atoms with Crippen molar-refractivity contribution >= 4 is 33.4 Å². The fourth-order valence-electron chi connectivity index (χ4n) is 3.61. The van der Waals surface area contributed by atoms with Crippen LogP contribution >= 0.6 is 27.5 Å². The topological polar surface area (TPSA) is 29.5 Å². The summed E-state index contributed by atoms with van der Waals surface area (Å²) in [6.07, 6.45) is 1.20. The Morgan fingerprint density at radius 1 is 1.22 bits per heavy atom. The van der Waals surface area contributed by atoms with E-state index in [1.54, 1.807) is 17.0 Å². The highest BCUT2D eigenvalue weighted by molar-refractivity contribution is 9.10. The predicted molar refractivity (Wildman–Crippen MR) is 108 cm³/mol. The molecule has 1 amide bonds. The molecule has 3 nitrogen and oxygen atoms in total. The van der Waals surface area contributed by atoms with Crippen LogP contribution < -0.4 is 0 Å². The third-order valence-electron chi connectivity index (χ3n) is 5.19. The molecule has 1 aliphatic rings. The zero-order valence-electron chi connectivity index (χ0n) is 15.2. The number of carbonyl (C=O) groups excluding carboxylic acids is 1. The second kappa shape index (κ2) is 8.72. The lowest BCUT2D eigenvalue weighted by atomic mass is 9.73. The predicted octanol–water partition coefficient (Wildman–Crippen LogP) is 5.34. The largest absolute Gasteiger partial charge is 0.381 e. The van der Waals surface area contributed by atoms with Crippen molar-refractivity contribution in [2.24, 2.45) is 0 Å². The zero-order chi connectivity index (χ0) is 19.4. The third-order valence-corrected chi connectivity index (χ3v) is 5.94. The lowest BCUT2D eigenvalue weighted by Crippen LogP contribution is -2.49. The molecule has 27 heavy (non-hydrogen) atoms. The van der Waals surface area contributed by atoms with E-state index in [2.05, 4.69) is 15.9 Å². The molecule has 1 aliphatic heterocycles. The number of likely N-dealkylation sites (N-methyl/N-ethyl adjacent to an activating group) is 1. The second-order valence-electron chi connectivity index (χ2n) is 6.76. The Balaban J connectivity index is 1.94. The summed E-state index contributed by atoms with van der Waals surface area (Å²) in [5.74, 6) is -0.299. The Labute approximate surface area is 172 Å². The number of nitrogens with zero attached hydrogens (tertiary/aromatic N) is 1. The molecule has 0 aromatic heterocycles. The van der Waals surface area contributed by atoms with E-state index in [1.165, 1.54) is 6.07 Å². The molecule has 0 N–H and O–H groups in total. The highest BCUT2D eigenvalue weighted by Gasteiger charge is 2.43. The molecule has 0 saturated carbocycles. The SMILES string of the molecule is CCN(Cc1cc(Br)ccc1F)C(=O)C1(c2ccc(Cl)cc2)CCOCC1. The van der Waals surface area contributed by atoms with Crippen molar-refractivity contribution in [1.29, 1.82) is 0 Å². The summed E-state index contributed by atoms with van der Waals surface area (Å²) in [6, 6.07) is 12.3. The van der Waals surface area contributed by atoms with Crippen molar-refractivity contribution in [3.63, 3.8) is 0 Å². The number of rotatable bonds is 5. The Hall–Kier alpha value is -1.43. The number of halogens is 3. The summed E-state index contributed by atoms with van der Waals surface area (Å²) < 4.78 is 20.6. The van der Waals surface area contributed by atoms with Crippen molar-refractivity contribution in [3.05, 3.63) is 68.9 Å². The van der Waals surface area contributed by atoms with Gasteiger partial charge in [0, 0.05) is 41.4 Å². The molecule has 0 bridgehead atoms. The van der Waals surface area contributed by atoms with E-state index in [-0.39, 0.29) is 18.3 Å². The highest BCUT2D eigenvalue weighted by atomic mass is 79.9. The van der Waals surface area contributed by atoms with Crippen molar-refractivity contribution < 1.29 is 13.9 Å². The van der Waals surface area contributed by atoms with E-state index in [9.17, 15) is 9.18 Å². The van der Waals surface area contributed by atoms with Gasteiger partial charge in [0.2, 0.25) is 5.91 Å². The molecule has 0 atom stereocenters. The van der Waals surface area contributed by atoms with E-state index in [1.807, 2.05) is 31.2 Å². The zero-order valence-corrected chi connectivity index (χ0v) is 17.5. The van der Waals surface area contributed by atoms with Crippen molar-refractivity contribution in [3.8, 4) is 0 Å². The van der Waals surface area contributed by atoms with Gasteiger partial charge in [-0.05, 0) is 55.7 Å². The Morgan fingerprint density at radius 3 is 2.52 bits per heavy atom. The smallest absolute Gasteiger partial charge is 0.233 e. The Kier molecular flexibility index (Phi) is 6.56. The van der Waals surface area contributed by atoms with Crippen LogP contribution in [-0.2, 0) is 21.5 Å². The summed E-state index contributed by atoms with van der Waals surface area (Å²) in [4.78, 5) is 15.4. The molecule has 144 valence electrons. The minimum absolute atomic E-state index is 0.00926. The minimum atomic E-state index is -0.665. The van der Waals surface area contributed by atoms with Crippen molar-refractivity contribution in [1.82, 2.24) is 4.90 Å². The molecular weight excluding hydrogens is 433 g/mol. The number of amides is 1. The molecule has 0 unspecified atom stereocenters. The average Bonchev–Trinajstić information content (AvgIpc) is 2.69. The summed E-state index contributed by atoms with van der Waals surface area (Å²) in [7, 11) is 0. The molecule has 1 heterocycles. The van der Waals surface area contributed by atoms with Gasteiger partial charge in [-0.3, -0.25) is 4.79 Å². The number of benzene rings is 2. The fraction of sp³-hybridized carbons (Fsp3) is 0.381. The molecule has 3 rings (SSSR count). The van der Waals surface area contributed by atoms with Crippen LogP contribution in [0.3, 0.4) is 0 Å².